The van der Waals surface area contributed by atoms with Crippen LogP contribution in [0.15, 0.2) is 0 Å². The van der Waals surface area contributed by atoms with E-state index in [1.165, 1.54) is 0 Å². The molecular formula is C6H12N2O4. The van der Waals surface area contributed by atoms with Crippen molar-refractivity contribution in [1.29, 1.82) is 0 Å². The number of nitrogens with one attached hydrogen (secondary N) is 1. The third-order valence-electron chi connectivity index (χ3n) is 0.959. The Kier molecular flexibility index (Phi) is 5.72. The highest BCUT2D eigenvalue weighted by Gasteiger charge is 2.01. The first-order chi connectivity index (χ1) is 5.66. The predicted octanol–water partition coefficient (Wildman–Crippen LogP) is -0.854. The van der Waals surface area contributed by atoms with Crippen molar-refractivity contribution in [3.8, 4) is 0 Å². The molecule has 0 radical (unpaired) electrons. The number of carbonyl (C=O) groups is 2. The Morgan fingerprint density at radius 1 is 1.50 bits per heavy atom. The lowest BCUT2D eigenvalue weighted by Gasteiger charge is -2.03. The molecule has 0 aliphatic rings. The average Bonchev–Trinajstić information content (AvgIpc) is 2.00. The number of rotatable bonds is 5. The number of ether oxygens (including phenoxy) is 1. The first-order valence-corrected chi connectivity index (χ1v) is 3.49. The van der Waals surface area contributed by atoms with Crippen molar-refractivity contribution < 1.29 is 19.4 Å². The van der Waals surface area contributed by atoms with E-state index < -0.39 is 12.1 Å². The van der Waals surface area contributed by atoms with E-state index in [2.05, 4.69) is 10.1 Å². The van der Waals surface area contributed by atoms with E-state index in [-0.39, 0.29) is 26.1 Å². The SMILES string of the molecule is NCCOC(=O)NCCC(=O)O. The van der Waals surface area contributed by atoms with Crippen molar-refractivity contribution in [2.75, 3.05) is 19.7 Å². The summed E-state index contributed by atoms with van der Waals surface area (Å²) in [5.74, 6) is -0.964. The van der Waals surface area contributed by atoms with Gasteiger partial charge in [0.2, 0.25) is 0 Å². The van der Waals surface area contributed by atoms with Gasteiger partial charge in [-0.15, -0.1) is 0 Å². The minimum Gasteiger partial charge on any atom is -0.481 e. The van der Waals surface area contributed by atoms with Gasteiger partial charge in [-0.05, 0) is 0 Å². The van der Waals surface area contributed by atoms with Crippen LogP contribution in [0, 0.1) is 0 Å². The molecule has 12 heavy (non-hydrogen) atoms. The van der Waals surface area contributed by atoms with Crippen LogP contribution in [0.25, 0.3) is 0 Å². The van der Waals surface area contributed by atoms with E-state index in [0.717, 1.165) is 0 Å². The molecule has 4 N–H and O–H groups in total. The molecule has 0 aliphatic heterocycles. The zero-order valence-corrected chi connectivity index (χ0v) is 6.58. The van der Waals surface area contributed by atoms with Gasteiger partial charge in [-0.1, -0.05) is 0 Å². The predicted molar refractivity (Wildman–Crippen MR) is 40.7 cm³/mol. The van der Waals surface area contributed by atoms with E-state index in [1.807, 2.05) is 0 Å². The first-order valence-electron chi connectivity index (χ1n) is 3.49. The zero-order chi connectivity index (χ0) is 9.40. The van der Waals surface area contributed by atoms with Crippen LogP contribution in [-0.4, -0.2) is 36.9 Å². The lowest BCUT2D eigenvalue weighted by atomic mass is 10.4. The number of nitrogens with two attached hydrogens (primary N) is 1. The second-order valence-corrected chi connectivity index (χ2v) is 2.00. The van der Waals surface area contributed by atoms with Gasteiger partial charge in [0.05, 0.1) is 6.42 Å². The van der Waals surface area contributed by atoms with Crippen molar-refractivity contribution in [2.45, 2.75) is 6.42 Å². The first kappa shape index (κ1) is 10.7. The summed E-state index contributed by atoms with van der Waals surface area (Å²) in [6, 6.07) is 0. The summed E-state index contributed by atoms with van der Waals surface area (Å²) in [5.41, 5.74) is 5.05. The quantitative estimate of drug-likeness (QED) is 0.506. The Balaban J connectivity index is 3.25. The van der Waals surface area contributed by atoms with Gasteiger partial charge < -0.3 is 20.9 Å². The average molecular weight is 176 g/mol. The largest absolute Gasteiger partial charge is 0.481 e. The molecule has 0 heterocycles. The normalized spacial score (nSPS) is 9.08. The Labute approximate surface area is 69.7 Å². The monoisotopic (exact) mass is 176 g/mol. The van der Waals surface area contributed by atoms with Crippen LogP contribution in [0.1, 0.15) is 6.42 Å². The molecule has 0 unspecified atom stereocenters. The van der Waals surface area contributed by atoms with Crippen LogP contribution in [0.3, 0.4) is 0 Å². The van der Waals surface area contributed by atoms with Gasteiger partial charge >= 0.3 is 12.1 Å². The maximum atomic E-state index is 10.6. The molecule has 0 aromatic carbocycles. The molecule has 1 amide bonds. The molecule has 0 atom stereocenters. The molecule has 0 spiro atoms. The Bertz CT molecular complexity index is 160. The molecule has 0 rings (SSSR count). The van der Waals surface area contributed by atoms with Gasteiger partial charge in [0.15, 0.2) is 0 Å². The standard InChI is InChI=1S/C6H12N2O4/c7-2-4-12-6(11)8-3-1-5(9)10/h1-4,7H2,(H,8,11)(H,9,10). The van der Waals surface area contributed by atoms with Crippen LogP contribution < -0.4 is 11.1 Å². The highest BCUT2D eigenvalue weighted by atomic mass is 16.5. The van der Waals surface area contributed by atoms with Crippen molar-refractivity contribution in [3.63, 3.8) is 0 Å². The molecule has 70 valence electrons. The number of alkyl carbamates (subject to hydrolysis) is 1. The molecule has 0 aromatic heterocycles. The molecular weight excluding hydrogens is 164 g/mol. The van der Waals surface area contributed by atoms with Gasteiger partial charge in [0.1, 0.15) is 6.61 Å². The molecule has 0 bridgehead atoms. The Morgan fingerprint density at radius 2 is 2.17 bits per heavy atom. The Hall–Kier alpha value is -1.30. The minimum atomic E-state index is -0.964. The summed E-state index contributed by atoms with van der Waals surface area (Å²) in [4.78, 5) is 20.6. The molecule has 6 heteroatoms. The second kappa shape index (κ2) is 6.41. The van der Waals surface area contributed by atoms with Gasteiger partial charge in [0, 0.05) is 13.1 Å². The van der Waals surface area contributed by atoms with E-state index in [4.69, 9.17) is 10.8 Å². The highest BCUT2D eigenvalue weighted by Crippen LogP contribution is 1.79. The lowest BCUT2D eigenvalue weighted by Crippen LogP contribution is -2.28. The molecule has 0 aromatic rings. The van der Waals surface area contributed by atoms with E-state index in [9.17, 15) is 9.59 Å². The van der Waals surface area contributed by atoms with Gasteiger partial charge in [0.25, 0.3) is 0 Å². The third-order valence-corrected chi connectivity index (χ3v) is 0.959. The maximum Gasteiger partial charge on any atom is 0.407 e. The van der Waals surface area contributed by atoms with Crippen molar-refractivity contribution in [1.82, 2.24) is 5.32 Å². The summed E-state index contributed by atoms with van der Waals surface area (Å²) < 4.78 is 4.51. The fourth-order valence-corrected chi connectivity index (χ4v) is 0.474. The number of amides is 1. The summed E-state index contributed by atoms with van der Waals surface area (Å²) in [6.45, 7) is 0.462. The number of aliphatic carboxylic acids is 1. The van der Waals surface area contributed by atoms with E-state index in [0.29, 0.717) is 0 Å². The fourth-order valence-electron chi connectivity index (χ4n) is 0.474. The topological polar surface area (TPSA) is 102 Å². The van der Waals surface area contributed by atoms with Crippen LogP contribution >= 0.6 is 0 Å². The van der Waals surface area contributed by atoms with Gasteiger partial charge in [-0.2, -0.15) is 0 Å². The summed E-state index contributed by atoms with van der Waals surface area (Å²) in [7, 11) is 0. The third kappa shape index (κ3) is 6.81. The second-order valence-electron chi connectivity index (χ2n) is 2.00. The van der Waals surface area contributed by atoms with E-state index in [1.54, 1.807) is 0 Å². The zero-order valence-electron chi connectivity index (χ0n) is 6.58. The lowest BCUT2D eigenvalue weighted by molar-refractivity contribution is -0.136. The highest BCUT2D eigenvalue weighted by molar-refractivity contribution is 5.70. The Morgan fingerprint density at radius 3 is 2.67 bits per heavy atom. The fraction of sp³-hybridized carbons (Fsp3) is 0.667. The van der Waals surface area contributed by atoms with Gasteiger partial charge in [-0.25, -0.2) is 4.79 Å². The molecule has 0 saturated heterocycles. The van der Waals surface area contributed by atoms with Gasteiger partial charge in [-0.3, -0.25) is 4.79 Å². The van der Waals surface area contributed by atoms with Crippen LogP contribution in [0.2, 0.25) is 0 Å². The summed E-state index contributed by atoms with van der Waals surface area (Å²) in [6.07, 6.45) is -0.751. The molecule has 6 nitrogen and oxygen atoms in total. The minimum absolute atomic E-state index is 0.0682. The molecule has 0 saturated carbocycles. The van der Waals surface area contributed by atoms with Crippen LogP contribution in [-0.2, 0) is 9.53 Å². The summed E-state index contributed by atoms with van der Waals surface area (Å²) >= 11 is 0. The van der Waals surface area contributed by atoms with Crippen LogP contribution in [0.5, 0.6) is 0 Å². The molecule has 0 aliphatic carbocycles. The number of carboxylic acid groups (broad SMARTS) is 1. The maximum absolute atomic E-state index is 10.6. The summed E-state index contributed by atoms with van der Waals surface area (Å²) in [5, 5.41) is 10.4. The number of carboxylic acids is 1. The van der Waals surface area contributed by atoms with Crippen molar-refractivity contribution in [3.05, 3.63) is 0 Å². The van der Waals surface area contributed by atoms with E-state index >= 15 is 0 Å². The smallest absolute Gasteiger partial charge is 0.407 e. The number of hydrogen-bond donors (Lipinski definition) is 3. The number of hydrogen-bond acceptors (Lipinski definition) is 4. The van der Waals surface area contributed by atoms with Crippen molar-refractivity contribution >= 4 is 12.1 Å². The molecule has 0 fully saturated rings. The van der Waals surface area contributed by atoms with Crippen LogP contribution in [0.4, 0.5) is 4.79 Å². The number of carbonyl (C=O) groups excluding carboxylic acids is 1. The van der Waals surface area contributed by atoms with Crippen molar-refractivity contribution in [2.24, 2.45) is 5.73 Å².